The molecule has 0 aliphatic heterocycles. The van der Waals surface area contributed by atoms with Gasteiger partial charge in [0, 0.05) is 11.7 Å². The third-order valence-electron chi connectivity index (χ3n) is 1.66. The molecule has 52 valence electrons. The molecule has 1 nitrogen and oxygen atoms in total. The summed E-state index contributed by atoms with van der Waals surface area (Å²) in [6.07, 6.45) is 2.68. The van der Waals surface area contributed by atoms with Crippen molar-refractivity contribution in [3.63, 3.8) is 0 Å². The van der Waals surface area contributed by atoms with E-state index in [1.54, 1.807) is 0 Å². The maximum absolute atomic E-state index is 3.92. The molecule has 0 radical (unpaired) electrons. The van der Waals surface area contributed by atoms with Crippen LogP contribution < -0.4 is 5.32 Å². The smallest absolute Gasteiger partial charge is 0.0259 e. The fraction of sp³-hybridized carbons (Fsp3) is 0.750. The summed E-state index contributed by atoms with van der Waals surface area (Å²) < 4.78 is 0. The van der Waals surface area contributed by atoms with Gasteiger partial charge in [-0.2, -0.15) is 0 Å². The summed E-state index contributed by atoms with van der Waals surface area (Å²) in [6, 6.07) is 0.764. The van der Waals surface area contributed by atoms with Gasteiger partial charge in [-0.05, 0) is 18.8 Å². The van der Waals surface area contributed by atoms with Gasteiger partial charge in [0.25, 0.3) is 0 Å². The molecule has 0 heterocycles. The third-order valence-corrected chi connectivity index (χ3v) is 1.66. The van der Waals surface area contributed by atoms with Gasteiger partial charge in [-0.1, -0.05) is 20.4 Å². The van der Waals surface area contributed by atoms with E-state index in [-0.39, 0.29) is 0 Å². The van der Waals surface area contributed by atoms with Crippen molar-refractivity contribution in [3.8, 4) is 0 Å². The normalized spacial score (nSPS) is 18.1. The van der Waals surface area contributed by atoms with E-state index in [0.29, 0.717) is 5.92 Å². The van der Waals surface area contributed by atoms with E-state index >= 15 is 0 Å². The van der Waals surface area contributed by atoms with Gasteiger partial charge in [0.2, 0.25) is 0 Å². The molecule has 1 N–H and O–H groups in total. The van der Waals surface area contributed by atoms with Gasteiger partial charge in [0.1, 0.15) is 0 Å². The Balaban J connectivity index is 2.17. The summed E-state index contributed by atoms with van der Waals surface area (Å²) in [5.41, 5.74) is 1.19. The Kier molecular flexibility index (Phi) is 1.79. The van der Waals surface area contributed by atoms with Crippen LogP contribution in [0, 0.1) is 5.92 Å². The van der Waals surface area contributed by atoms with Gasteiger partial charge in [-0.25, -0.2) is 0 Å². The van der Waals surface area contributed by atoms with Crippen molar-refractivity contribution in [2.75, 3.05) is 0 Å². The zero-order chi connectivity index (χ0) is 6.85. The van der Waals surface area contributed by atoms with Gasteiger partial charge in [0.15, 0.2) is 0 Å². The summed E-state index contributed by atoms with van der Waals surface area (Å²) in [5.74, 6) is 0.589. The first kappa shape index (κ1) is 6.66. The first-order valence-electron chi connectivity index (χ1n) is 3.65. The van der Waals surface area contributed by atoms with Gasteiger partial charge in [-0.3, -0.25) is 0 Å². The van der Waals surface area contributed by atoms with Crippen molar-refractivity contribution in [3.05, 3.63) is 12.3 Å². The highest BCUT2D eigenvalue weighted by molar-refractivity contribution is 5.00. The molecule has 9 heavy (non-hydrogen) atoms. The highest BCUT2D eigenvalue weighted by Gasteiger charge is 2.21. The summed E-state index contributed by atoms with van der Waals surface area (Å²) >= 11 is 0. The summed E-state index contributed by atoms with van der Waals surface area (Å²) in [6.45, 7) is 8.25. The summed E-state index contributed by atoms with van der Waals surface area (Å²) in [4.78, 5) is 0. The van der Waals surface area contributed by atoms with E-state index in [1.165, 1.54) is 18.5 Å². The largest absolute Gasteiger partial charge is 0.386 e. The molecule has 0 unspecified atom stereocenters. The molecular formula is C8H15N. The minimum Gasteiger partial charge on any atom is -0.386 e. The minimum atomic E-state index is 0.589. The molecule has 0 aromatic rings. The highest BCUT2D eigenvalue weighted by atomic mass is 15.0. The van der Waals surface area contributed by atoms with Gasteiger partial charge in [0.05, 0.1) is 0 Å². The molecule has 1 aliphatic rings. The predicted octanol–water partition coefficient (Wildman–Crippen LogP) is 1.91. The van der Waals surface area contributed by atoms with Crippen LogP contribution in [0.2, 0.25) is 0 Å². The zero-order valence-electron chi connectivity index (χ0n) is 6.28. The molecular weight excluding hydrogens is 110 g/mol. The molecule has 0 spiro atoms. The van der Waals surface area contributed by atoms with Crippen LogP contribution in [-0.2, 0) is 0 Å². The maximum atomic E-state index is 3.92. The summed E-state index contributed by atoms with van der Waals surface area (Å²) in [7, 11) is 0. The first-order valence-corrected chi connectivity index (χ1v) is 3.65. The lowest BCUT2D eigenvalue weighted by Crippen LogP contribution is -2.18. The molecule has 1 fully saturated rings. The predicted molar refractivity (Wildman–Crippen MR) is 40.1 cm³/mol. The van der Waals surface area contributed by atoms with Gasteiger partial charge in [-0.15, -0.1) is 0 Å². The second kappa shape index (κ2) is 2.42. The molecule has 0 amide bonds. The van der Waals surface area contributed by atoms with E-state index in [4.69, 9.17) is 0 Å². The topological polar surface area (TPSA) is 12.0 Å². The van der Waals surface area contributed by atoms with E-state index in [1.807, 2.05) is 0 Å². The SMILES string of the molecule is C=C(NC1CC1)C(C)C. The lowest BCUT2D eigenvalue weighted by atomic mass is 10.1. The molecule has 1 saturated carbocycles. The number of allylic oxidation sites excluding steroid dienone is 1. The van der Waals surface area contributed by atoms with E-state index in [0.717, 1.165) is 6.04 Å². The van der Waals surface area contributed by atoms with Crippen LogP contribution in [0.5, 0.6) is 0 Å². The molecule has 1 aliphatic carbocycles. The monoisotopic (exact) mass is 125 g/mol. The molecule has 0 aromatic carbocycles. The molecule has 1 rings (SSSR count). The Morgan fingerprint density at radius 1 is 1.56 bits per heavy atom. The number of nitrogens with one attached hydrogen (secondary N) is 1. The Morgan fingerprint density at radius 2 is 2.11 bits per heavy atom. The van der Waals surface area contributed by atoms with Crippen LogP contribution in [0.4, 0.5) is 0 Å². The van der Waals surface area contributed by atoms with Crippen molar-refractivity contribution in [2.24, 2.45) is 5.92 Å². The van der Waals surface area contributed by atoms with Crippen LogP contribution >= 0.6 is 0 Å². The summed E-state index contributed by atoms with van der Waals surface area (Å²) in [5, 5.41) is 3.36. The number of hydrogen-bond acceptors (Lipinski definition) is 1. The van der Waals surface area contributed by atoms with Crippen molar-refractivity contribution in [1.82, 2.24) is 5.32 Å². The van der Waals surface area contributed by atoms with Crippen LogP contribution in [0.3, 0.4) is 0 Å². The quantitative estimate of drug-likeness (QED) is 0.607. The maximum Gasteiger partial charge on any atom is 0.0259 e. The molecule has 0 atom stereocenters. The van der Waals surface area contributed by atoms with Crippen molar-refractivity contribution in [1.29, 1.82) is 0 Å². The fourth-order valence-electron chi connectivity index (χ4n) is 0.657. The van der Waals surface area contributed by atoms with Crippen LogP contribution in [-0.4, -0.2) is 6.04 Å². The van der Waals surface area contributed by atoms with Crippen LogP contribution in [0.1, 0.15) is 26.7 Å². The number of hydrogen-bond donors (Lipinski definition) is 1. The van der Waals surface area contributed by atoms with Gasteiger partial charge < -0.3 is 5.32 Å². The molecule has 0 bridgehead atoms. The Hall–Kier alpha value is -0.460. The van der Waals surface area contributed by atoms with E-state index in [9.17, 15) is 0 Å². The van der Waals surface area contributed by atoms with Crippen molar-refractivity contribution < 1.29 is 0 Å². The Bertz CT molecular complexity index is 112. The molecule has 0 saturated heterocycles. The number of rotatable bonds is 3. The Labute approximate surface area is 57.1 Å². The fourth-order valence-corrected chi connectivity index (χ4v) is 0.657. The standard InChI is InChI=1S/C8H15N/c1-6(2)7(3)9-8-4-5-8/h6,8-9H,3-5H2,1-2H3. The van der Waals surface area contributed by atoms with E-state index < -0.39 is 0 Å². The Morgan fingerprint density at radius 3 is 2.44 bits per heavy atom. The lowest BCUT2D eigenvalue weighted by molar-refractivity contribution is 0.653. The minimum absolute atomic E-state index is 0.589. The second-order valence-corrected chi connectivity index (χ2v) is 3.10. The van der Waals surface area contributed by atoms with Gasteiger partial charge >= 0.3 is 0 Å². The average molecular weight is 125 g/mol. The van der Waals surface area contributed by atoms with E-state index in [2.05, 4.69) is 25.7 Å². The molecule has 0 aromatic heterocycles. The second-order valence-electron chi connectivity index (χ2n) is 3.10. The molecule has 1 heteroatoms. The van der Waals surface area contributed by atoms with Crippen molar-refractivity contribution >= 4 is 0 Å². The van der Waals surface area contributed by atoms with Crippen LogP contribution in [0.25, 0.3) is 0 Å². The highest BCUT2D eigenvalue weighted by Crippen LogP contribution is 2.21. The average Bonchev–Trinajstić information content (AvgIpc) is 2.50. The van der Waals surface area contributed by atoms with Crippen LogP contribution in [0.15, 0.2) is 12.3 Å². The lowest BCUT2D eigenvalue weighted by Gasteiger charge is -2.10. The van der Waals surface area contributed by atoms with Crippen molar-refractivity contribution in [2.45, 2.75) is 32.7 Å². The first-order chi connectivity index (χ1) is 4.20. The zero-order valence-corrected chi connectivity index (χ0v) is 6.28. The third kappa shape index (κ3) is 2.08.